The number of carbonyl (C=O) groups is 2. The summed E-state index contributed by atoms with van der Waals surface area (Å²) in [6.07, 6.45) is 0. The van der Waals surface area contributed by atoms with Gasteiger partial charge in [0.2, 0.25) is 11.8 Å². The number of nitrogens with two attached hydrogens (primary N) is 1. The minimum atomic E-state index is -2.40. The van der Waals surface area contributed by atoms with Crippen molar-refractivity contribution < 1.29 is 9.59 Å². The van der Waals surface area contributed by atoms with E-state index in [1.165, 1.54) is 19.1 Å². The van der Waals surface area contributed by atoms with E-state index >= 15 is 0 Å². The van der Waals surface area contributed by atoms with Gasteiger partial charge in [-0.25, -0.2) is 4.98 Å². The number of piperidine rings is 1. The molecule has 7 nitrogen and oxygen atoms in total. The van der Waals surface area contributed by atoms with Crippen molar-refractivity contribution in [2.45, 2.75) is 23.4 Å². The van der Waals surface area contributed by atoms with Crippen molar-refractivity contribution in [3.63, 3.8) is 0 Å². The van der Waals surface area contributed by atoms with E-state index in [2.05, 4.69) is 4.98 Å². The second-order valence-electron chi connectivity index (χ2n) is 6.26. The molecule has 1 aliphatic heterocycles. The van der Waals surface area contributed by atoms with Gasteiger partial charge in [-0.3, -0.25) is 24.3 Å². The molecular weight excluding hydrogens is 326 g/mol. The monoisotopic (exact) mass is 336 g/mol. The fourth-order valence-electron chi connectivity index (χ4n) is 3.08. The quantitative estimate of drug-likeness (QED) is 0.327. The molecular formula is C14H9B5N4O3. The summed E-state index contributed by atoms with van der Waals surface area (Å²) in [4.78, 5) is 41.7. The molecule has 2 aromatic rings. The third-order valence-corrected chi connectivity index (χ3v) is 4.65. The zero-order chi connectivity index (χ0) is 19.6. The molecule has 3 N–H and O–H groups in total. The van der Waals surface area contributed by atoms with Crippen LogP contribution in [0.1, 0.15) is 5.82 Å². The van der Waals surface area contributed by atoms with E-state index in [4.69, 9.17) is 45.0 Å². The average molecular weight is 335 g/mol. The van der Waals surface area contributed by atoms with Crippen molar-refractivity contribution in [1.29, 1.82) is 0 Å². The van der Waals surface area contributed by atoms with Crippen molar-refractivity contribution >= 4 is 73.1 Å². The van der Waals surface area contributed by atoms with Gasteiger partial charge < -0.3 is 5.73 Å². The molecule has 1 fully saturated rings. The van der Waals surface area contributed by atoms with E-state index in [1.807, 2.05) is 5.32 Å². The van der Waals surface area contributed by atoms with Gasteiger partial charge in [0.1, 0.15) is 21.5 Å². The lowest BCUT2D eigenvalue weighted by atomic mass is 9.31. The topological polar surface area (TPSA) is 107 Å². The number of fused-ring (bicyclic) bond motifs is 1. The van der Waals surface area contributed by atoms with E-state index in [0.717, 1.165) is 4.57 Å². The Morgan fingerprint density at radius 3 is 2.46 bits per heavy atom. The smallest absolute Gasteiger partial charge is 0.263 e. The molecule has 3 rings (SSSR count). The van der Waals surface area contributed by atoms with Gasteiger partial charge in [0.15, 0.2) is 0 Å². The fourth-order valence-corrected chi connectivity index (χ4v) is 3.08. The molecule has 26 heavy (non-hydrogen) atoms. The number of aromatic nitrogens is 2. The SMILES string of the molecule is [B]c1ccc(N)c2c(=O)n(C3([B])C(=O)NC(=O)C([B])C3([B])[B])c(C)nc12. The van der Waals surface area contributed by atoms with Crippen LogP contribution < -0.4 is 22.1 Å². The molecule has 0 saturated carbocycles. The number of amides is 2. The molecule has 2 atom stereocenters. The predicted octanol–water partition coefficient (Wildman–Crippen LogP) is -3.03. The van der Waals surface area contributed by atoms with Gasteiger partial charge in [0.25, 0.3) is 5.56 Å². The summed E-state index contributed by atoms with van der Waals surface area (Å²) in [5.74, 6) is -3.59. The van der Waals surface area contributed by atoms with Crippen molar-refractivity contribution in [1.82, 2.24) is 14.9 Å². The Balaban J connectivity index is 2.45. The molecule has 1 aromatic heterocycles. The summed E-state index contributed by atoms with van der Waals surface area (Å²) in [6.45, 7) is 1.41. The largest absolute Gasteiger partial charge is 0.398 e. The van der Waals surface area contributed by atoms with Crippen LogP contribution in [0.3, 0.4) is 0 Å². The zero-order valence-corrected chi connectivity index (χ0v) is 13.8. The average Bonchev–Trinajstić information content (AvgIpc) is 2.55. The van der Waals surface area contributed by atoms with Gasteiger partial charge >= 0.3 is 0 Å². The lowest BCUT2D eigenvalue weighted by molar-refractivity contribution is -0.138. The van der Waals surface area contributed by atoms with E-state index in [1.54, 1.807) is 0 Å². The fraction of sp³-hybridized carbons (Fsp3) is 0.286. The van der Waals surface area contributed by atoms with E-state index < -0.39 is 33.8 Å². The predicted molar refractivity (Wildman–Crippen MR) is 101 cm³/mol. The highest BCUT2D eigenvalue weighted by molar-refractivity contribution is 6.55. The third-order valence-electron chi connectivity index (χ3n) is 4.65. The minimum Gasteiger partial charge on any atom is -0.398 e. The van der Waals surface area contributed by atoms with Gasteiger partial charge in [-0.05, 0) is 18.8 Å². The van der Waals surface area contributed by atoms with E-state index in [-0.39, 0.29) is 27.9 Å². The van der Waals surface area contributed by atoms with Crippen molar-refractivity contribution in [3.8, 4) is 0 Å². The molecule has 1 saturated heterocycles. The van der Waals surface area contributed by atoms with Crippen molar-refractivity contribution in [2.24, 2.45) is 0 Å². The number of carbonyl (C=O) groups excluding carboxylic acids is 2. The summed E-state index contributed by atoms with van der Waals surface area (Å²) >= 11 is 0. The number of nitrogens with one attached hydrogen (secondary N) is 1. The highest BCUT2D eigenvalue weighted by atomic mass is 16.2. The Kier molecular flexibility index (Phi) is 3.94. The lowest BCUT2D eigenvalue weighted by Gasteiger charge is -2.52. The van der Waals surface area contributed by atoms with E-state index in [0.29, 0.717) is 0 Å². The number of anilines is 1. The van der Waals surface area contributed by atoms with E-state index in [9.17, 15) is 14.4 Å². The summed E-state index contributed by atoms with van der Waals surface area (Å²) in [6, 6.07) is 2.90. The first-order chi connectivity index (χ1) is 11.9. The van der Waals surface area contributed by atoms with Gasteiger partial charge in [0.05, 0.1) is 39.9 Å². The second kappa shape index (κ2) is 5.56. The molecule has 2 unspecified atom stereocenters. The van der Waals surface area contributed by atoms with Crippen LogP contribution >= 0.6 is 0 Å². The number of benzene rings is 1. The number of imide groups is 1. The number of rotatable bonds is 1. The number of aryl methyl sites for hydroxylation is 1. The van der Waals surface area contributed by atoms with Crippen LogP contribution in [0.5, 0.6) is 0 Å². The lowest BCUT2D eigenvalue weighted by Crippen LogP contribution is -2.68. The van der Waals surface area contributed by atoms with Gasteiger partial charge in [-0.2, -0.15) is 0 Å². The highest BCUT2D eigenvalue weighted by Crippen LogP contribution is 2.48. The highest BCUT2D eigenvalue weighted by Gasteiger charge is 2.56. The molecule has 1 aliphatic rings. The molecule has 10 radical (unpaired) electrons. The molecule has 1 aromatic carbocycles. The Morgan fingerprint density at radius 1 is 1.23 bits per heavy atom. The maximum Gasteiger partial charge on any atom is 0.263 e. The van der Waals surface area contributed by atoms with Gasteiger partial charge in [-0.1, -0.05) is 16.7 Å². The Hall–Kier alpha value is -2.38. The molecule has 0 spiro atoms. The first-order valence-corrected chi connectivity index (χ1v) is 7.50. The van der Waals surface area contributed by atoms with Crippen LogP contribution in [0.25, 0.3) is 10.9 Å². The van der Waals surface area contributed by atoms with Crippen LogP contribution in [0.15, 0.2) is 16.9 Å². The molecule has 12 heteroatoms. The molecule has 0 aliphatic carbocycles. The van der Waals surface area contributed by atoms with Gasteiger partial charge in [-0.15, -0.1) is 0 Å². The normalized spacial score (nSPS) is 25.2. The summed E-state index contributed by atoms with van der Waals surface area (Å²) < 4.78 is 0.784. The standard InChI is InChI=1S/C14H9B5N4O3/c1-4-21-8-5(15)2-3-6(20)7(8)11(25)23(4)14(19)12(26)22-10(24)9(16)13(14,17)18/h2-3,9H,20H2,1H3,(H,22,24,26). The summed E-state index contributed by atoms with van der Waals surface area (Å²) in [5, 5.41) is -0.376. The Labute approximate surface area is 155 Å². The van der Waals surface area contributed by atoms with Crippen LogP contribution in [-0.4, -0.2) is 60.6 Å². The number of hydrogen-bond acceptors (Lipinski definition) is 5. The number of hydrogen-bond donors (Lipinski definition) is 2. The molecule has 2 amide bonds. The number of nitrogens with zero attached hydrogens (tertiary/aromatic N) is 2. The minimum absolute atomic E-state index is 0.0146. The third kappa shape index (κ3) is 2.14. The second-order valence-corrected chi connectivity index (χ2v) is 6.26. The van der Waals surface area contributed by atoms with Crippen LogP contribution in [0.4, 0.5) is 5.69 Å². The van der Waals surface area contributed by atoms with Crippen molar-refractivity contribution in [3.05, 3.63) is 28.3 Å². The number of nitrogen functional groups attached to an aromatic ring is 1. The Bertz CT molecular complexity index is 1040. The first kappa shape index (κ1) is 18.4. The van der Waals surface area contributed by atoms with Gasteiger partial charge in [0, 0.05) is 5.69 Å². The Morgan fingerprint density at radius 2 is 1.85 bits per heavy atom. The molecule has 118 valence electrons. The van der Waals surface area contributed by atoms with Crippen molar-refractivity contribution in [2.75, 3.05) is 5.73 Å². The summed E-state index contributed by atoms with van der Waals surface area (Å²) in [5.41, 5.74) is 3.10. The van der Waals surface area contributed by atoms with Crippen LogP contribution in [0, 0.1) is 6.92 Å². The maximum atomic E-state index is 13.1. The van der Waals surface area contributed by atoms with Crippen LogP contribution in [0.2, 0.25) is 11.0 Å². The first-order valence-electron chi connectivity index (χ1n) is 7.50. The summed E-state index contributed by atoms with van der Waals surface area (Å²) in [7, 11) is 29.7. The molecule has 0 bridgehead atoms. The molecule has 2 heterocycles. The maximum absolute atomic E-state index is 13.1. The zero-order valence-electron chi connectivity index (χ0n) is 13.8. The van der Waals surface area contributed by atoms with Crippen LogP contribution in [-0.2, 0) is 15.0 Å².